The second-order valence-electron chi connectivity index (χ2n) is 7.62. The molecule has 0 atom stereocenters. The van der Waals surface area contributed by atoms with Gasteiger partial charge in [-0.25, -0.2) is 4.98 Å². The SMILES string of the molecule is Cc1cc(N2CCN(C(=O)c3cccc4ccccc34)CC2)nc2ccccc12. The van der Waals surface area contributed by atoms with Crippen LogP contribution in [0.1, 0.15) is 15.9 Å². The monoisotopic (exact) mass is 381 g/mol. The van der Waals surface area contributed by atoms with E-state index in [-0.39, 0.29) is 5.91 Å². The number of carbonyl (C=O) groups is 1. The minimum Gasteiger partial charge on any atom is -0.353 e. The van der Waals surface area contributed by atoms with Gasteiger partial charge in [-0.1, -0.05) is 54.6 Å². The molecular formula is C25H23N3O. The van der Waals surface area contributed by atoms with E-state index < -0.39 is 0 Å². The largest absolute Gasteiger partial charge is 0.353 e. The van der Waals surface area contributed by atoms with Crippen LogP contribution in [0.3, 0.4) is 0 Å². The molecule has 1 saturated heterocycles. The number of benzene rings is 3. The van der Waals surface area contributed by atoms with Gasteiger partial charge in [-0.05, 0) is 41.5 Å². The molecule has 0 saturated carbocycles. The summed E-state index contributed by atoms with van der Waals surface area (Å²) in [5.74, 6) is 1.11. The fourth-order valence-electron chi connectivity index (χ4n) is 4.21. The Morgan fingerprint density at radius 3 is 2.34 bits per heavy atom. The number of amides is 1. The van der Waals surface area contributed by atoms with E-state index in [2.05, 4.69) is 42.2 Å². The number of piperazine rings is 1. The lowest BCUT2D eigenvalue weighted by Gasteiger charge is -2.36. The maximum atomic E-state index is 13.2. The molecule has 0 bridgehead atoms. The molecule has 4 heteroatoms. The summed E-state index contributed by atoms with van der Waals surface area (Å²) < 4.78 is 0. The molecule has 4 nitrogen and oxygen atoms in total. The highest BCUT2D eigenvalue weighted by Gasteiger charge is 2.24. The molecule has 144 valence electrons. The molecule has 1 aromatic heterocycles. The number of aryl methyl sites for hydroxylation is 1. The molecule has 0 radical (unpaired) electrons. The van der Waals surface area contributed by atoms with Crippen LogP contribution in [-0.4, -0.2) is 42.0 Å². The van der Waals surface area contributed by atoms with Gasteiger partial charge >= 0.3 is 0 Å². The molecule has 0 N–H and O–H groups in total. The van der Waals surface area contributed by atoms with Gasteiger partial charge in [0.05, 0.1) is 5.52 Å². The van der Waals surface area contributed by atoms with Crippen LogP contribution in [-0.2, 0) is 0 Å². The number of anilines is 1. The van der Waals surface area contributed by atoms with Crippen molar-refractivity contribution in [1.29, 1.82) is 0 Å². The first-order chi connectivity index (χ1) is 14.2. The van der Waals surface area contributed by atoms with Crippen LogP contribution in [0.4, 0.5) is 5.82 Å². The van der Waals surface area contributed by atoms with Gasteiger partial charge in [0.25, 0.3) is 5.91 Å². The van der Waals surface area contributed by atoms with Gasteiger partial charge in [0, 0.05) is 37.1 Å². The van der Waals surface area contributed by atoms with Crippen LogP contribution >= 0.6 is 0 Å². The van der Waals surface area contributed by atoms with Crippen molar-refractivity contribution < 1.29 is 4.79 Å². The Balaban J connectivity index is 1.36. The number of rotatable bonds is 2. The fraction of sp³-hybridized carbons (Fsp3) is 0.200. The van der Waals surface area contributed by atoms with Gasteiger partial charge in [-0.2, -0.15) is 0 Å². The lowest BCUT2D eigenvalue weighted by molar-refractivity contribution is 0.0748. The Bertz CT molecular complexity index is 1200. The van der Waals surface area contributed by atoms with Crippen molar-refractivity contribution in [2.24, 2.45) is 0 Å². The third-order valence-electron chi connectivity index (χ3n) is 5.82. The maximum Gasteiger partial charge on any atom is 0.254 e. The molecule has 1 fully saturated rings. The molecule has 4 aromatic rings. The smallest absolute Gasteiger partial charge is 0.254 e. The highest BCUT2D eigenvalue weighted by Crippen LogP contribution is 2.24. The summed E-state index contributed by atoms with van der Waals surface area (Å²) in [6.45, 7) is 5.13. The summed E-state index contributed by atoms with van der Waals surface area (Å²) >= 11 is 0. The van der Waals surface area contributed by atoms with Crippen molar-refractivity contribution in [2.45, 2.75) is 6.92 Å². The Labute approximate surface area is 170 Å². The Kier molecular flexibility index (Phi) is 4.39. The standard InChI is InChI=1S/C25H23N3O/c1-18-17-24(26-23-12-5-4-9-20(18)23)27-13-15-28(16-14-27)25(29)22-11-6-8-19-7-2-3-10-21(19)22/h2-12,17H,13-16H2,1H3. The number of carbonyl (C=O) groups excluding carboxylic acids is 1. The van der Waals surface area contributed by atoms with Gasteiger partial charge in [0.2, 0.25) is 0 Å². The predicted octanol–water partition coefficient (Wildman–Crippen LogP) is 4.66. The number of para-hydroxylation sites is 1. The Hall–Kier alpha value is -3.40. The van der Waals surface area contributed by atoms with E-state index >= 15 is 0 Å². The fourth-order valence-corrected chi connectivity index (χ4v) is 4.21. The van der Waals surface area contributed by atoms with Crippen molar-refractivity contribution in [1.82, 2.24) is 9.88 Å². The predicted molar refractivity (Wildman–Crippen MR) is 119 cm³/mol. The quantitative estimate of drug-likeness (QED) is 0.507. The van der Waals surface area contributed by atoms with E-state index in [0.29, 0.717) is 13.1 Å². The summed E-state index contributed by atoms with van der Waals surface area (Å²) in [7, 11) is 0. The zero-order valence-electron chi connectivity index (χ0n) is 16.5. The van der Waals surface area contributed by atoms with E-state index in [1.54, 1.807) is 0 Å². The minimum atomic E-state index is 0.115. The molecule has 0 unspecified atom stereocenters. The highest BCUT2D eigenvalue weighted by atomic mass is 16.2. The number of hydrogen-bond acceptors (Lipinski definition) is 3. The topological polar surface area (TPSA) is 36.4 Å². The van der Waals surface area contributed by atoms with E-state index in [0.717, 1.165) is 40.8 Å². The number of nitrogens with zero attached hydrogens (tertiary/aromatic N) is 3. The van der Waals surface area contributed by atoms with Crippen LogP contribution in [0, 0.1) is 6.92 Å². The molecule has 0 spiro atoms. The highest BCUT2D eigenvalue weighted by molar-refractivity contribution is 6.07. The number of aromatic nitrogens is 1. The lowest BCUT2D eigenvalue weighted by Crippen LogP contribution is -2.49. The summed E-state index contributed by atoms with van der Waals surface area (Å²) in [5.41, 5.74) is 3.05. The first-order valence-electron chi connectivity index (χ1n) is 10.1. The summed E-state index contributed by atoms with van der Waals surface area (Å²) in [5, 5.41) is 3.32. The van der Waals surface area contributed by atoms with Crippen molar-refractivity contribution in [3.05, 3.63) is 83.9 Å². The molecule has 1 aliphatic heterocycles. The average Bonchev–Trinajstić information content (AvgIpc) is 2.78. The molecule has 29 heavy (non-hydrogen) atoms. The average molecular weight is 381 g/mol. The summed E-state index contributed by atoms with van der Waals surface area (Å²) in [4.78, 5) is 22.3. The van der Waals surface area contributed by atoms with E-state index in [1.165, 1.54) is 10.9 Å². The second-order valence-corrected chi connectivity index (χ2v) is 7.62. The van der Waals surface area contributed by atoms with Gasteiger partial charge in [-0.3, -0.25) is 4.79 Å². The molecule has 1 aliphatic rings. The van der Waals surface area contributed by atoms with Crippen molar-refractivity contribution in [2.75, 3.05) is 31.1 Å². The van der Waals surface area contributed by atoms with Crippen LogP contribution < -0.4 is 4.90 Å². The van der Waals surface area contributed by atoms with Crippen LogP contribution in [0.15, 0.2) is 72.8 Å². The molecule has 2 heterocycles. The van der Waals surface area contributed by atoms with E-state index in [9.17, 15) is 4.79 Å². The Morgan fingerprint density at radius 1 is 0.828 bits per heavy atom. The molecular weight excluding hydrogens is 358 g/mol. The van der Waals surface area contributed by atoms with Crippen LogP contribution in [0.2, 0.25) is 0 Å². The van der Waals surface area contributed by atoms with Crippen molar-refractivity contribution in [3.8, 4) is 0 Å². The third-order valence-corrected chi connectivity index (χ3v) is 5.82. The number of pyridine rings is 1. The summed E-state index contributed by atoms with van der Waals surface area (Å²) in [6, 6.07) is 24.4. The van der Waals surface area contributed by atoms with E-state index in [4.69, 9.17) is 4.98 Å². The lowest BCUT2D eigenvalue weighted by atomic mass is 10.0. The summed E-state index contributed by atoms with van der Waals surface area (Å²) in [6.07, 6.45) is 0. The zero-order chi connectivity index (χ0) is 19.8. The minimum absolute atomic E-state index is 0.115. The van der Waals surface area contributed by atoms with Gasteiger partial charge < -0.3 is 9.80 Å². The first kappa shape index (κ1) is 17.7. The molecule has 5 rings (SSSR count). The second kappa shape index (κ2) is 7.21. The third kappa shape index (κ3) is 3.21. The van der Waals surface area contributed by atoms with Crippen LogP contribution in [0.25, 0.3) is 21.7 Å². The van der Waals surface area contributed by atoms with Crippen LogP contribution in [0.5, 0.6) is 0 Å². The first-order valence-corrected chi connectivity index (χ1v) is 10.1. The van der Waals surface area contributed by atoms with Gasteiger partial charge in [0.1, 0.15) is 5.82 Å². The van der Waals surface area contributed by atoms with E-state index in [1.807, 2.05) is 47.4 Å². The molecule has 0 aliphatic carbocycles. The maximum absolute atomic E-state index is 13.2. The van der Waals surface area contributed by atoms with Gasteiger partial charge in [0.15, 0.2) is 0 Å². The zero-order valence-corrected chi connectivity index (χ0v) is 16.5. The van der Waals surface area contributed by atoms with Gasteiger partial charge in [-0.15, -0.1) is 0 Å². The molecule has 3 aromatic carbocycles. The number of fused-ring (bicyclic) bond motifs is 2. The Morgan fingerprint density at radius 2 is 1.52 bits per heavy atom. The van der Waals surface area contributed by atoms with Crippen molar-refractivity contribution >= 4 is 33.4 Å². The van der Waals surface area contributed by atoms with Crippen molar-refractivity contribution in [3.63, 3.8) is 0 Å². The number of hydrogen-bond donors (Lipinski definition) is 0. The molecule has 1 amide bonds. The normalized spacial score (nSPS) is 14.5.